The number of hydrogen-bond acceptors (Lipinski definition) is 0. The summed E-state index contributed by atoms with van der Waals surface area (Å²) in [6.07, 6.45) is 0.851. The minimum absolute atomic E-state index is 0. The number of hydrogen-bond donors (Lipinski definition) is 0. The standard InChI is InChI=1S/C20H27F9N.BrH/c21-17(22,18(23,24)19(25,26)20(27,28)29)13-9-6-4-2-1-3-5-7-10-14-30-15-11-8-12-16-30;/h8,11-12,15-16H,1-7,9-10,13-14H2;1H/q+1;/p-1. The van der Waals surface area contributed by atoms with Gasteiger partial charge in [-0.1, -0.05) is 44.6 Å². The number of alkyl halides is 9. The van der Waals surface area contributed by atoms with E-state index in [2.05, 4.69) is 4.57 Å². The minimum Gasteiger partial charge on any atom is -1.00 e. The second-order valence-corrected chi connectivity index (χ2v) is 7.40. The van der Waals surface area contributed by atoms with Gasteiger partial charge in [-0.15, -0.1) is 0 Å². The van der Waals surface area contributed by atoms with E-state index in [1.54, 1.807) is 0 Å². The fourth-order valence-electron chi connectivity index (χ4n) is 3.03. The first-order valence-electron chi connectivity index (χ1n) is 9.97. The Morgan fingerprint density at radius 2 is 0.935 bits per heavy atom. The Morgan fingerprint density at radius 1 is 0.516 bits per heavy atom. The van der Waals surface area contributed by atoms with Crippen molar-refractivity contribution < 1.29 is 61.1 Å². The van der Waals surface area contributed by atoms with Crippen molar-refractivity contribution in [1.29, 1.82) is 0 Å². The summed E-state index contributed by atoms with van der Waals surface area (Å²) in [7, 11) is 0. The van der Waals surface area contributed by atoms with Crippen molar-refractivity contribution in [2.75, 3.05) is 0 Å². The molecule has 31 heavy (non-hydrogen) atoms. The Kier molecular flexibility index (Phi) is 12.5. The number of aromatic nitrogens is 1. The summed E-state index contributed by atoms with van der Waals surface area (Å²) in [4.78, 5) is 0. The van der Waals surface area contributed by atoms with Crippen LogP contribution in [-0.4, -0.2) is 23.9 Å². The highest BCUT2D eigenvalue weighted by atomic mass is 79.9. The molecule has 1 heterocycles. The van der Waals surface area contributed by atoms with Crippen molar-refractivity contribution in [3.63, 3.8) is 0 Å². The predicted molar refractivity (Wildman–Crippen MR) is 93.7 cm³/mol. The van der Waals surface area contributed by atoms with Gasteiger partial charge in [0.2, 0.25) is 0 Å². The molecular weight excluding hydrogens is 505 g/mol. The Balaban J connectivity index is 0.00000900. The van der Waals surface area contributed by atoms with Crippen LogP contribution in [0.15, 0.2) is 30.6 Å². The van der Waals surface area contributed by atoms with Crippen LogP contribution in [0, 0.1) is 0 Å². The van der Waals surface area contributed by atoms with E-state index >= 15 is 0 Å². The summed E-state index contributed by atoms with van der Waals surface area (Å²) >= 11 is 0. The summed E-state index contributed by atoms with van der Waals surface area (Å²) < 4.78 is 117. The first-order valence-corrected chi connectivity index (χ1v) is 9.97. The molecule has 0 fully saturated rings. The number of aryl methyl sites for hydroxylation is 1. The maximum absolute atomic E-state index is 13.4. The van der Waals surface area contributed by atoms with E-state index in [-0.39, 0.29) is 23.4 Å². The van der Waals surface area contributed by atoms with Crippen LogP contribution in [0.3, 0.4) is 0 Å². The first kappa shape index (κ1) is 30.0. The SMILES string of the molecule is FC(F)(F)C(F)(F)C(F)(F)C(F)(F)CCCCCCCCCCC[n+]1ccccc1.[Br-]. The normalized spacial score (nSPS) is 13.2. The Hall–Kier alpha value is -1.00. The number of unbranched alkanes of at least 4 members (excludes halogenated alkanes) is 8. The van der Waals surface area contributed by atoms with Crippen LogP contribution in [0.2, 0.25) is 0 Å². The zero-order valence-corrected chi connectivity index (χ0v) is 18.5. The third-order valence-electron chi connectivity index (χ3n) is 4.89. The smallest absolute Gasteiger partial charge is 0.460 e. The molecule has 1 aromatic rings. The Labute approximate surface area is 186 Å². The van der Waals surface area contributed by atoms with Gasteiger partial charge in [-0.2, -0.15) is 39.5 Å². The van der Waals surface area contributed by atoms with Gasteiger partial charge in [0.05, 0.1) is 0 Å². The van der Waals surface area contributed by atoms with Gasteiger partial charge >= 0.3 is 23.9 Å². The highest BCUT2D eigenvalue weighted by Gasteiger charge is 2.81. The van der Waals surface area contributed by atoms with Gasteiger partial charge in [0.25, 0.3) is 0 Å². The molecule has 0 N–H and O–H groups in total. The van der Waals surface area contributed by atoms with Crippen LogP contribution in [0.4, 0.5) is 39.5 Å². The summed E-state index contributed by atoms with van der Waals surface area (Å²) in [5.74, 6) is -18.7. The van der Waals surface area contributed by atoms with Crippen molar-refractivity contribution in [3.05, 3.63) is 30.6 Å². The number of nitrogens with zero attached hydrogens (tertiary/aromatic N) is 1. The van der Waals surface area contributed by atoms with Crippen molar-refractivity contribution in [2.45, 2.75) is 94.7 Å². The highest BCUT2D eigenvalue weighted by molar-refractivity contribution is 5.00. The molecule has 0 radical (unpaired) electrons. The number of rotatable bonds is 14. The second kappa shape index (κ2) is 12.9. The number of pyridine rings is 1. The summed E-state index contributed by atoms with van der Waals surface area (Å²) in [6, 6.07) is 5.82. The molecule has 0 aliphatic carbocycles. The quantitative estimate of drug-likeness (QED) is 0.191. The Bertz CT molecular complexity index is 606. The molecule has 0 aromatic carbocycles. The van der Waals surface area contributed by atoms with E-state index in [4.69, 9.17) is 0 Å². The largest absolute Gasteiger partial charge is 1.00 e. The first-order chi connectivity index (χ1) is 13.8. The second-order valence-electron chi connectivity index (χ2n) is 7.40. The van der Waals surface area contributed by atoms with E-state index in [1.807, 2.05) is 30.6 Å². The maximum Gasteiger partial charge on any atom is 0.460 e. The minimum atomic E-state index is -6.79. The molecule has 0 spiro atoms. The molecule has 0 saturated heterocycles. The maximum atomic E-state index is 13.4. The van der Waals surface area contributed by atoms with Crippen LogP contribution in [0.5, 0.6) is 0 Å². The van der Waals surface area contributed by atoms with Crippen molar-refractivity contribution >= 4 is 0 Å². The van der Waals surface area contributed by atoms with Gasteiger partial charge in [0.15, 0.2) is 12.4 Å². The molecular formula is C20H27BrF9N. The van der Waals surface area contributed by atoms with Gasteiger partial charge < -0.3 is 17.0 Å². The topological polar surface area (TPSA) is 3.88 Å². The van der Waals surface area contributed by atoms with Crippen LogP contribution >= 0.6 is 0 Å². The summed E-state index contributed by atoms with van der Waals surface area (Å²) in [6.45, 7) is 0.910. The third kappa shape index (κ3) is 8.81. The van der Waals surface area contributed by atoms with Gasteiger partial charge in [0.1, 0.15) is 6.54 Å². The molecule has 1 rings (SSSR count). The molecule has 0 aliphatic heterocycles. The molecule has 0 unspecified atom stereocenters. The highest BCUT2D eigenvalue weighted by Crippen LogP contribution is 2.54. The lowest BCUT2D eigenvalue weighted by Crippen LogP contribution is -3.00. The van der Waals surface area contributed by atoms with E-state index in [1.165, 1.54) is 0 Å². The molecule has 0 atom stereocenters. The predicted octanol–water partition coefficient (Wildman–Crippen LogP) is 4.35. The lowest BCUT2D eigenvalue weighted by atomic mass is 9.97. The average molecular weight is 532 g/mol. The molecule has 1 aromatic heterocycles. The fraction of sp³-hybridized carbons (Fsp3) is 0.750. The van der Waals surface area contributed by atoms with Crippen LogP contribution < -0.4 is 21.5 Å². The third-order valence-corrected chi connectivity index (χ3v) is 4.89. The van der Waals surface area contributed by atoms with E-state index in [9.17, 15) is 39.5 Å². The van der Waals surface area contributed by atoms with Gasteiger partial charge in [-0.3, -0.25) is 0 Å². The zero-order valence-electron chi connectivity index (χ0n) is 16.9. The molecule has 182 valence electrons. The molecule has 0 aliphatic rings. The van der Waals surface area contributed by atoms with Gasteiger partial charge in [0, 0.05) is 25.0 Å². The van der Waals surface area contributed by atoms with Gasteiger partial charge in [-0.05, 0) is 12.8 Å². The lowest BCUT2D eigenvalue weighted by molar-refractivity contribution is -0.697. The lowest BCUT2D eigenvalue weighted by Gasteiger charge is -2.33. The van der Waals surface area contributed by atoms with E-state index in [0.29, 0.717) is 12.8 Å². The Morgan fingerprint density at radius 3 is 1.39 bits per heavy atom. The number of halogens is 10. The van der Waals surface area contributed by atoms with E-state index in [0.717, 1.165) is 38.6 Å². The fourth-order valence-corrected chi connectivity index (χ4v) is 3.03. The van der Waals surface area contributed by atoms with Crippen LogP contribution in [0.1, 0.15) is 64.2 Å². The van der Waals surface area contributed by atoms with Crippen molar-refractivity contribution in [2.24, 2.45) is 0 Å². The van der Waals surface area contributed by atoms with Gasteiger partial charge in [-0.25, -0.2) is 4.57 Å². The molecule has 0 amide bonds. The van der Waals surface area contributed by atoms with Crippen LogP contribution in [-0.2, 0) is 6.54 Å². The average Bonchev–Trinajstić information content (AvgIpc) is 2.65. The molecule has 0 saturated carbocycles. The molecule has 1 nitrogen and oxygen atoms in total. The zero-order chi connectivity index (χ0) is 22.9. The van der Waals surface area contributed by atoms with Crippen molar-refractivity contribution in [3.8, 4) is 0 Å². The van der Waals surface area contributed by atoms with Crippen LogP contribution in [0.25, 0.3) is 0 Å². The molecule has 0 bridgehead atoms. The summed E-state index contributed by atoms with van der Waals surface area (Å²) in [5.41, 5.74) is 0. The van der Waals surface area contributed by atoms with E-state index < -0.39 is 36.8 Å². The monoisotopic (exact) mass is 531 g/mol. The van der Waals surface area contributed by atoms with Crippen molar-refractivity contribution in [1.82, 2.24) is 0 Å². The summed E-state index contributed by atoms with van der Waals surface area (Å²) in [5, 5.41) is 0. The molecule has 11 heteroatoms.